The number of halogens is 1. The van der Waals surface area contributed by atoms with Gasteiger partial charge in [-0.15, -0.1) is 0 Å². The maximum atomic E-state index is 13.0. The molecule has 1 aliphatic rings. The van der Waals surface area contributed by atoms with E-state index in [4.69, 9.17) is 4.74 Å². The van der Waals surface area contributed by atoms with Gasteiger partial charge in [0.1, 0.15) is 18.0 Å². The average Bonchev–Trinajstić information content (AvgIpc) is 3.04. The highest BCUT2D eigenvalue weighted by Crippen LogP contribution is 2.25. The SMILES string of the molecule is CN(CCc1ccccn1)C1C(CNCc2ccc(F)cc2)OC(CO)C1O. The number of nitrogens with zero attached hydrogens (tertiary/aromatic N) is 2. The molecular weight excluding hydrogens is 361 g/mol. The summed E-state index contributed by atoms with van der Waals surface area (Å²) >= 11 is 0. The highest BCUT2D eigenvalue weighted by Gasteiger charge is 2.44. The van der Waals surface area contributed by atoms with Crippen molar-refractivity contribution in [3.05, 3.63) is 65.7 Å². The molecule has 4 unspecified atom stereocenters. The summed E-state index contributed by atoms with van der Waals surface area (Å²) in [6, 6.07) is 11.9. The summed E-state index contributed by atoms with van der Waals surface area (Å²) in [4.78, 5) is 6.41. The number of likely N-dealkylation sites (N-methyl/N-ethyl adjacent to an activating group) is 1. The van der Waals surface area contributed by atoms with Crippen LogP contribution in [0.1, 0.15) is 11.3 Å². The normalized spacial score (nSPS) is 24.8. The van der Waals surface area contributed by atoms with Crippen LogP contribution in [0.5, 0.6) is 0 Å². The summed E-state index contributed by atoms with van der Waals surface area (Å²) < 4.78 is 18.9. The van der Waals surface area contributed by atoms with Gasteiger partial charge in [0.05, 0.1) is 18.8 Å². The second kappa shape index (κ2) is 10.0. The molecule has 0 saturated carbocycles. The molecule has 0 radical (unpaired) electrons. The van der Waals surface area contributed by atoms with Crippen molar-refractivity contribution in [2.24, 2.45) is 0 Å². The van der Waals surface area contributed by atoms with Crippen molar-refractivity contribution in [1.29, 1.82) is 0 Å². The van der Waals surface area contributed by atoms with Crippen molar-refractivity contribution in [3.8, 4) is 0 Å². The fourth-order valence-corrected chi connectivity index (χ4v) is 3.64. The molecule has 3 N–H and O–H groups in total. The number of benzene rings is 1. The smallest absolute Gasteiger partial charge is 0.123 e. The number of hydrogen-bond donors (Lipinski definition) is 3. The predicted molar refractivity (Wildman–Crippen MR) is 104 cm³/mol. The molecule has 1 aromatic heterocycles. The van der Waals surface area contributed by atoms with Gasteiger partial charge in [0.2, 0.25) is 0 Å². The van der Waals surface area contributed by atoms with Crippen LogP contribution in [-0.2, 0) is 17.7 Å². The highest BCUT2D eigenvalue weighted by molar-refractivity contribution is 5.15. The molecule has 0 spiro atoms. The second-order valence-corrected chi connectivity index (χ2v) is 7.19. The molecule has 7 heteroatoms. The lowest BCUT2D eigenvalue weighted by Crippen LogP contribution is -2.49. The minimum Gasteiger partial charge on any atom is -0.394 e. The van der Waals surface area contributed by atoms with Gasteiger partial charge < -0.3 is 20.3 Å². The van der Waals surface area contributed by atoms with E-state index in [9.17, 15) is 14.6 Å². The van der Waals surface area contributed by atoms with E-state index in [1.807, 2.05) is 25.2 Å². The zero-order chi connectivity index (χ0) is 19.9. The number of hydrogen-bond acceptors (Lipinski definition) is 6. The molecule has 0 aliphatic carbocycles. The van der Waals surface area contributed by atoms with Gasteiger partial charge >= 0.3 is 0 Å². The molecule has 1 aromatic carbocycles. The van der Waals surface area contributed by atoms with Crippen molar-refractivity contribution < 1.29 is 19.3 Å². The maximum absolute atomic E-state index is 13.0. The first-order valence-corrected chi connectivity index (χ1v) is 9.58. The molecule has 6 nitrogen and oxygen atoms in total. The third kappa shape index (κ3) is 5.33. The van der Waals surface area contributed by atoms with Crippen LogP contribution in [0.25, 0.3) is 0 Å². The number of aliphatic hydroxyl groups is 2. The van der Waals surface area contributed by atoms with Crippen molar-refractivity contribution in [2.75, 3.05) is 26.7 Å². The van der Waals surface area contributed by atoms with E-state index in [0.29, 0.717) is 19.6 Å². The minimum atomic E-state index is -0.767. The quantitative estimate of drug-likeness (QED) is 0.593. The first-order chi connectivity index (χ1) is 13.6. The lowest BCUT2D eigenvalue weighted by molar-refractivity contribution is -0.0213. The zero-order valence-electron chi connectivity index (χ0n) is 16.0. The van der Waals surface area contributed by atoms with E-state index in [2.05, 4.69) is 15.2 Å². The van der Waals surface area contributed by atoms with Crippen LogP contribution in [-0.4, -0.2) is 71.2 Å². The van der Waals surface area contributed by atoms with E-state index >= 15 is 0 Å². The standard InChI is InChI=1S/C21H28FN3O3/c1-25(11-9-17-4-2-3-10-24-17)20-18(28-19(14-26)21(20)27)13-23-12-15-5-7-16(22)8-6-15/h2-8,10,18-21,23,26-27H,9,11-14H2,1H3. The fourth-order valence-electron chi connectivity index (χ4n) is 3.64. The van der Waals surface area contributed by atoms with E-state index in [1.165, 1.54) is 12.1 Å². The molecule has 1 aliphatic heterocycles. The Morgan fingerprint density at radius 1 is 1.18 bits per heavy atom. The average molecular weight is 389 g/mol. The molecular formula is C21H28FN3O3. The van der Waals surface area contributed by atoms with Gasteiger partial charge in [-0.05, 0) is 36.9 Å². The molecule has 1 fully saturated rings. The minimum absolute atomic E-state index is 0.222. The Hall–Kier alpha value is -1.90. The number of rotatable bonds is 9. The monoisotopic (exact) mass is 389 g/mol. The lowest BCUT2D eigenvalue weighted by Gasteiger charge is -2.30. The summed E-state index contributed by atoms with van der Waals surface area (Å²) in [5.41, 5.74) is 1.96. The zero-order valence-corrected chi connectivity index (χ0v) is 16.0. The van der Waals surface area contributed by atoms with Gasteiger partial charge in [0, 0.05) is 37.9 Å². The molecule has 28 heavy (non-hydrogen) atoms. The van der Waals surface area contributed by atoms with Crippen LogP contribution in [0.3, 0.4) is 0 Å². The summed E-state index contributed by atoms with van der Waals surface area (Å²) in [5, 5.41) is 23.5. The van der Waals surface area contributed by atoms with E-state index in [-0.39, 0.29) is 24.6 Å². The number of pyridine rings is 1. The van der Waals surface area contributed by atoms with Crippen LogP contribution in [0.2, 0.25) is 0 Å². The number of aliphatic hydroxyl groups excluding tert-OH is 2. The molecule has 152 valence electrons. The first-order valence-electron chi connectivity index (χ1n) is 9.58. The van der Waals surface area contributed by atoms with Gasteiger partial charge in [0.15, 0.2) is 0 Å². The van der Waals surface area contributed by atoms with Gasteiger partial charge in [-0.3, -0.25) is 9.88 Å². The Labute approximate surface area is 165 Å². The molecule has 3 rings (SSSR count). The third-order valence-electron chi connectivity index (χ3n) is 5.18. The molecule has 2 aromatic rings. The van der Waals surface area contributed by atoms with Gasteiger partial charge in [-0.25, -0.2) is 4.39 Å². The van der Waals surface area contributed by atoms with Crippen molar-refractivity contribution in [3.63, 3.8) is 0 Å². The van der Waals surface area contributed by atoms with Gasteiger partial charge in [0.25, 0.3) is 0 Å². The number of ether oxygens (including phenoxy) is 1. The third-order valence-corrected chi connectivity index (χ3v) is 5.18. The Morgan fingerprint density at radius 3 is 2.64 bits per heavy atom. The molecule has 0 amide bonds. The summed E-state index contributed by atoms with van der Waals surface area (Å²) in [7, 11) is 1.95. The number of aromatic nitrogens is 1. The predicted octanol–water partition coefficient (Wildman–Crippen LogP) is 0.974. The second-order valence-electron chi connectivity index (χ2n) is 7.19. The fraction of sp³-hybridized carbons (Fsp3) is 0.476. The van der Waals surface area contributed by atoms with Crippen LogP contribution in [0.15, 0.2) is 48.7 Å². The van der Waals surface area contributed by atoms with E-state index in [1.54, 1.807) is 18.3 Å². The summed E-state index contributed by atoms with van der Waals surface area (Å²) in [6.07, 6.45) is 0.907. The highest BCUT2D eigenvalue weighted by atomic mass is 19.1. The van der Waals surface area contributed by atoms with Gasteiger partial charge in [-0.1, -0.05) is 18.2 Å². The van der Waals surface area contributed by atoms with Crippen LogP contribution in [0.4, 0.5) is 4.39 Å². The Kier molecular flexibility index (Phi) is 7.47. The van der Waals surface area contributed by atoms with Crippen molar-refractivity contribution in [1.82, 2.24) is 15.2 Å². The summed E-state index contributed by atoms with van der Waals surface area (Å²) in [5.74, 6) is -0.258. The van der Waals surface area contributed by atoms with Crippen LogP contribution >= 0.6 is 0 Å². The molecule has 0 bridgehead atoms. The van der Waals surface area contributed by atoms with Crippen LogP contribution < -0.4 is 5.32 Å². The van der Waals surface area contributed by atoms with E-state index in [0.717, 1.165) is 17.7 Å². The van der Waals surface area contributed by atoms with E-state index < -0.39 is 12.2 Å². The maximum Gasteiger partial charge on any atom is 0.123 e. The molecule has 1 saturated heterocycles. The van der Waals surface area contributed by atoms with Crippen LogP contribution in [0, 0.1) is 5.82 Å². The summed E-state index contributed by atoms with van der Waals surface area (Å²) in [6.45, 7) is 1.59. The van der Waals surface area contributed by atoms with Crippen molar-refractivity contribution in [2.45, 2.75) is 37.3 Å². The lowest BCUT2D eigenvalue weighted by atomic mass is 10.0. The Morgan fingerprint density at radius 2 is 1.96 bits per heavy atom. The number of nitrogens with one attached hydrogen (secondary N) is 1. The van der Waals surface area contributed by atoms with Gasteiger partial charge in [-0.2, -0.15) is 0 Å². The Balaban J connectivity index is 1.56. The molecule has 2 heterocycles. The Bertz CT molecular complexity index is 717. The topological polar surface area (TPSA) is 77.9 Å². The largest absolute Gasteiger partial charge is 0.394 e. The first kappa shape index (κ1) is 20.8. The molecule has 4 atom stereocenters. The van der Waals surface area contributed by atoms with Crippen molar-refractivity contribution >= 4 is 0 Å².